The van der Waals surface area contributed by atoms with E-state index in [4.69, 9.17) is 11.6 Å². The Morgan fingerprint density at radius 1 is 1.40 bits per heavy atom. The lowest BCUT2D eigenvalue weighted by atomic mass is 10.2. The van der Waals surface area contributed by atoms with Crippen molar-refractivity contribution in [2.45, 2.75) is 20.4 Å². The van der Waals surface area contributed by atoms with E-state index in [2.05, 4.69) is 10.2 Å². The zero-order valence-electron chi connectivity index (χ0n) is 9.03. The van der Waals surface area contributed by atoms with Gasteiger partial charge in [0, 0.05) is 24.5 Å². The van der Waals surface area contributed by atoms with E-state index < -0.39 is 0 Å². The monoisotopic (exact) mass is 224 g/mol. The smallest absolute Gasteiger partial charge is 0.132 e. The third-order valence-corrected chi connectivity index (χ3v) is 2.98. The van der Waals surface area contributed by atoms with Gasteiger partial charge in [-0.3, -0.25) is 9.36 Å². The van der Waals surface area contributed by atoms with E-state index in [0.717, 1.165) is 17.0 Å². The third-order valence-electron chi connectivity index (χ3n) is 2.51. The first-order chi connectivity index (χ1) is 7.09. The molecule has 5 heteroatoms. The average molecular weight is 225 g/mol. The Kier molecular flexibility index (Phi) is 2.52. The van der Waals surface area contributed by atoms with Gasteiger partial charge in [0.2, 0.25) is 0 Å². The molecule has 0 N–H and O–H groups in total. The molecule has 2 rings (SSSR count). The summed E-state index contributed by atoms with van der Waals surface area (Å²) >= 11 is 6.14. The van der Waals surface area contributed by atoms with E-state index in [1.807, 2.05) is 31.6 Å². The van der Waals surface area contributed by atoms with Crippen LogP contribution in [0.5, 0.6) is 0 Å². The SMILES string of the molecule is Cc1nn(C)c(Cl)c1Cn1nccc1C. The minimum Gasteiger partial charge on any atom is -0.265 e. The lowest BCUT2D eigenvalue weighted by Crippen LogP contribution is -2.04. The van der Waals surface area contributed by atoms with Crippen LogP contribution in [0.4, 0.5) is 0 Å². The van der Waals surface area contributed by atoms with Gasteiger partial charge < -0.3 is 0 Å². The fourth-order valence-corrected chi connectivity index (χ4v) is 1.80. The van der Waals surface area contributed by atoms with Crippen LogP contribution in [0.1, 0.15) is 17.0 Å². The van der Waals surface area contributed by atoms with Crippen LogP contribution >= 0.6 is 11.6 Å². The summed E-state index contributed by atoms with van der Waals surface area (Å²) in [6, 6.07) is 1.97. The molecule has 0 fully saturated rings. The van der Waals surface area contributed by atoms with Crippen molar-refractivity contribution in [3.8, 4) is 0 Å². The van der Waals surface area contributed by atoms with Gasteiger partial charge in [0.15, 0.2) is 0 Å². The van der Waals surface area contributed by atoms with Gasteiger partial charge in [0.25, 0.3) is 0 Å². The van der Waals surface area contributed by atoms with E-state index in [9.17, 15) is 0 Å². The highest BCUT2D eigenvalue weighted by molar-refractivity contribution is 6.30. The van der Waals surface area contributed by atoms with Crippen LogP contribution in [0.25, 0.3) is 0 Å². The molecule has 15 heavy (non-hydrogen) atoms. The maximum Gasteiger partial charge on any atom is 0.132 e. The Balaban J connectivity index is 2.36. The van der Waals surface area contributed by atoms with Crippen molar-refractivity contribution < 1.29 is 0 Å². The van der Waals surface area contributed by atoms with Crippen molar-refractivity contribution >= 4 is 11.6 Å². The predicted molar refractivity (Wildman–Crippen MR) is 59.0 cm³/mol. The number of halogens is 1. The van der Waals surface area contributed by atoms with Crippen molar-refractivity contribution in [1.29, 1.82) is 0 Å². The zero-order chi connectivity index (χ0) is 11.0. The summed E-state index contributed by atoms with van der Waals surface area (Å²) in [5, 5.41) is 9.17. The molecule has 0 aliphatic rings. The van der Waals surface area contributed by atoms with Crippen LogP contribution < -0.4 is 0 Å². The zero-order valence-corrected chi connectivity index (χ0v) is 9.78. The second-order valence-corrected chi connectivity index (χ2v) is 3.97. The fourth-order valence-electron chi connectivity index (χ4n) is 1.57. The van der Waals surface area contributed by atoms with E-state index in [1.54, 1.807) is 10.9 Å². The number of aromatic nitrogens is 4. The number of hydrogen-bond donors (Lipinski definition) is 0. The van der Waals surface area contributed by atoms with Gasteiger partial charge in [-0.15, -0.1) is 0 Å². The highest BCUT2D eigenvalue weighted by Gasteiger charge is 2.12. The van der Waals surface area contributed by atoms with Gasteiger partial charge in [-0.2, -0.15) is 10.2 Å². The van der Waals surface area contributed by atoms with E-state index in [0.29, 0.717) is 11.7 Å². The molecule has 2 heterocycles. The highest BCUT2D eigenvalue weighted by atomic mass is 35.5. The van der Waals surface area contributed by atoms with Crippen molar-refractivity contribution in [3.63, 3.8) is 0 Å². The summed E-state index contributed by atoms with van der Waals surface area (Å²) in [6.45, 7) is 4.66. The Hall–Kier alpha value is -1.29. The normalized spacial score (nSPS) is 10.9. The molecule has 0 unspecified atom stereocenters. The molecule has 0 spiro atoms. The van der Waals surface area contributed by atoms with Crippen molar-refractivity contribution in [1.82, 2.24) is 19.6 Å². The second kappa shape index (κ2) is 3.70. The van der Waals surface area contributed by atoms with Gasteiger partial charge in [-0.25, -0.2) is 0 Å². The van der Waals surface area contributed by atoms with Gasteiger partial charge in [0.1, 0.15) is 5.15 Å². The minimum atomic E-state index is 0.678. The summed E-state index contributed by atoms with van der Waals surface area (Å²) < 4.78 is 3.60. The molecule has 2 aromatic rings. The second-order valence-electron chi connectivity index (χ2n) is 3.61. The van der Waals surface area contributed by atoms with E-state index >= 15 is 0 Å². The molecular weight excluding hydrogens is 212 g/mol. The van der Waals surface area contributed by atoms with Crippen LogP contribution in [0.3, 0.4) is 0 Å². The molecular formula is C10H13ClN4. The molecule has 0 aliphatic heterocycles. The summed E-state index contributed by atoms with van der Waals surface area (Å²) in [6.07, 6.45) is 1.79. The molecule has 0 amide bonds. The Labute approximate surface area is 93.5 Å². The summed E-state index contributed by atoms with van der Waals surface area (Å²) in [5.41, 5.74) is 3.11. The number of hydrogen-bond acceptors (Lipinski definition) is 2. The molecule has 0 saturated carbocycles. The van der Waals surface area contributed by atoms with E-state index in [1.165, 1.54) is 0 Å². The molecule has 0 atom stereocenters. The molecule has 2 aromatic heterocycles. The first-order valence-electron chi connectivity index (χ1n) is 4.76. The standard InChI is InChI=1S/C10H13ClN4/c1-7-4-5-12-15(7)6-9-8(2)13-14(3)10(9)11/h4-5H,6H2,1-3H3. The number of nitrogens with zero attached hydrogens (tertiary/aromatic N) is 4. The quantitative estimate of drug-likeness (QED) is 0.782. The van der Waals surface area contributed by atoms with Crippen molar-refractivity contribution in [2.24, 2.45) is 7.05 Å². The maximum atomic E-state index is 6.14. The van der Waals surface area contributed by atoms with Crippen LogP contribution in [-0.2, 0) is 13.6 Å². The topological polar surface area (TPSA) is 35.6 Å². The summed E-state index contributed by atoms with van der Waals surface area (Å²) in [4.78, 5) is 0. The van der Waals surface area contributed by atoms with Crippen molar-refractivity contribution in [3.05, 3.63) is 34.4 Å². The van der Waals surface area contributed by atoms with Crippen LogP contribution in [-0.4, -0.2) is 19.6 Å². The first-order valence-corrected chi connectivity index (χ1v) is 5.13. The van der Waals surface area contributed by atoms with Gasteiger partial charge >= 0.3 is 0 Å². The Morgan fingerprint density at radius 2 is 2.13 bits per heavy atom. The number of rotatable bonds is 2. The third kappa shape index (κ3) is 1.77. The van der Waals surface area contributed by atoms with Crippen LogP contribution in [0, 0.1) is 13.8 Å². The Morgan fingerprint density at radius 3 is 2.60 bits per heavy atom. The largest absolute Gasteiger partial charge is 0.265 e. The summed E-state index contributed by atoms with van der Waals surface area (Å²) in [5.74, 6) is 0. The summed E-state index contributed by atoms with van der Waals surface area (Å²) in [7, 11) is 1.84. The van der Waals surface area contributed by atoms with Crippen LogP contribution in [0.15, 0.2) is 12.3 Å². The fraction of sp³-hybridized carbons (Fsp3) is 0.400. The molecule has 0 radical (unpaired) electrons. The van der Waals surface area contributed by atoms with Gasteiger partial charge in [-0.1, -0.05) is 11.6 Å². The van der Waals surface area contributed by atoms with Gasteiger partial charge in [-0.05, 0) is 19.9 Å². The van der Waals surface area contributed by atoms with Gasteiger partial charge in [0.05, 0.1) is 12.2 Å². The van der Waals surface area contributed by atoms with E-state index in [-0.39, 0.29) is 0 Å². The molecule has 4 nitrogen and oxygen atoms in total. The minimum absolute atomic E-state index is 0.678. The van der Waals surface area contributed by atoms with Crippen molar-refractivity contribution in [2.75, 3.05) is 0 Å². The molecule has 0 bridgehead atoms. The maximum absolute atomic E-state index is 6.14. The molecule has 80 valence electrons. The lowest BCUT2D eigenvalue weighted by molar-refractivity contribution is 0.662. The predicted octanol–water partition coefficient (Wildman–Crippen LogP) is 1.94. The first kappa shape index (κ1) is 10.2. The lowest BCUT2D eigenvalue weighted by Gasteiger charge is -2.03. The average Bonchev–Trinajstić information content (AvgIpc) is 2.67. The highest BCUT2D eigenvalue weighted by Crippen LogP contribution is 2.19. The molecule has 0 aliphatic carbocycles. The van der Waals surface area contributed by atoms with Crippen LogP contribution in [0.2, 0.25) is 5.15 Å². The Bertz CT molecular complexity index is 484. The molecule has 0 saturated heterocycles. The molecule has 0 aromatic carbocycles. The number of aryl methyl sites for hydroxylation is 3.